The van der Waals surface area contributed by atoms with E-state index in [-0.39, 0.29) is 18.0 Å². The average molecular weight is 374 g/mol. The number of carbonyl (C=O) groups excluding carboxylic acids is 1. The molecular formula is C20H18N6O2. The van der Waals surface area contributed by atoms with Gasteiger partial charge in [0.2, 0.25) is 5.91 Å². The molecule has 0 aliphatic carbocycles. The Kier molecular flexibility index (Phi) is 4.72. The van der Waals surface area contributed by atoms with Crippen LogP contribution in [-0.2, 0) is 11.3 Å². The van der Waals surface area contributed by atoms with Crippen LogP contribution >= 0.6 is 0 Å². The summed E-state index contributed by atoms with van der Waals surface area (Å²) < 4.78 is 1.36. The molecule has 1 aliphatic rings. The van der Waals surface area contributed by atoms with Crippen molar-refractivity contribution in [3.63, 3.8) is 0 Å². The molecule has 3 aromatic rings. The molecule has 1 saturated heterocycles. The largest absolute Gasteiger partial charge is 0.353 e. The summed E-state index contributed by atoms with van der Waals surface area (Å²) in [5.74, 6) is 0.624. The molecule has 3 heterocycles. The number of rotatable bonds is 3. The third-order valence-corrected chi connectivity index (χ3v) is 4.87. The van der Waals surface area contributed by atoms with E-state index < -0.39 is 0 Å². The number of carbonyl (C=O) groups is 1. The highest BCUT2D eigenvalue weighted by Crippen LogP contribution is 2.15. The quantitative estimate of drug-likeness (QED) is 0.679. The van der Waals surface area contributed by atoms with Gasteiger partial charge in [-0.2, -0.15) is 5.26 Å². The molecule has 0 N–H and O–H groups in total. The van der Waals surface area contributed by atoms with E-state index in [2.05, 4.69) is 16.0 Å². The number of nitriles is 1. The van der Waals surface area contributed by atoms with Gasteiger partial charge in [0, 0.05) is 32.4 Å². The number of aromatic nitrogens is 3. The third-order valence-electron chi connectivity index (χ3n) is 4.87. The number of amides is 1. The van der Waals surface area contributed by atoms with Gasteiger partial charge in [0.15, 0.2) is 0 Å². The lowest BCUT2D eigenvalue weighted by Gasteiger charge is -2.35. The number of piperazine rings is 1. The minimum Gasteiger partial charge on any atom is -0.353 e. The van der Waals surface area contributed by atoms with E-state index in [1.54, 1.807) is 41.4 Å². The van der Waals surface area contributed by atoms with Crippen LogP contribution in [0.4, 0.5) is 5.82 Å². The second-order valence-electron chi connectivity index (χ2n) is 6.58. The fourth-order valence-corrected chi connectivity index (χ4v) is 3.31. The lowest BCUT2D eigenvalue weighted by molar-refractivity contribution is -0.132. The normalized spacial score (nSPS) is 14.1. The monoisotopic (exact) mass is 374 g/mol. The van der Waals surface area contributed by atoms with Crippen molar-refractivity contribution in [1.29, 1.82) is 5.26 Å². The Morgan fingerprint density at radius 3 is 2.68 bits per heavy atom. The van der Waals surface area contributed by atoms with E-state index in [1.807, 2.05) is 11.0 Å². The van der Waals surface area contributed by atoms with Gasteiger partial charge in [-0.15, -0.1) is 0 Å². The van der Waals surface area contributed by atoms with Gasteiger partial charge in [-0.1, -0.05) is 12.1 Å². The van der Waals surface area contributed by atoms with Crippen LogP contribution in [0.25, 0.3) is 10.9 Å². The van der Waals surface area contributed by atoms with Gasteiger partial charge in [-0.3, -0.25) is 14.2 Å². The van der Waals surface area contributed by atoms with Gasteiger partial charge in [0.05, 0.1) is 28.9 Å². The van der Waals surface area contributed by atoms with Crippen LogP contribution in [0.5, 0.6) is 0 Å². The number of hydrogen-bond acceptors (Lipinski definition) is 6. The van der Waals surface area contributed by atoms with Crippen molar-refractivity contribution in [2.24, 2.45) is 0 Å². The fourth-order valence-electron chi connectivity index (χ4n) is 3.31. The maximum Gasteiger partial charge on any atom is 0.261 e. The van der Waals surface area contributed by atoms with E-state index in [1.165, 1.54) is 10.9 Å². The zero-order valence-corrected chi connectivity index (χ0v) is 15.2. The molecular weight excluding hydrogens is 356 g/mol. The molecule has 0 saturated carbocycles. The summed E-state index contributed by atoms with van der Waals surface area (Å²) >= 11 is 0. The minimum absolute atomic E-state index is 0.0289. The number of hydrogen-bond donors (Lipinski definition) is 0. The first-order chi connectivity index (χ1) is 13.7. The molecule has 8 nitrogen and oxygen atoms in total. The summed E-state index contributed by atoms with van der Waals surface area (Å²) in [7, 11) is 0. The molecule has 1 aliphatic heterocycles. The molecule has 140 valence electrons. The van der Waals surface area contributed by atoms with Gasteiger partial charge in [-0.05, 0) is 24.3 Å². The van der Waals surface area contributed by atoms with Crippen LogP contribution in [0, 0.1) is 11.3 Å². The van der Waals surface area contributed by atoms with Gasteiger partial charge < -0.3 is 9.80 Å². The highest BCUT2D eigenvalue weighted by molar-refractivity contribution is 5.79. The van der Waals surface area contributed by atoms with Crippen molar-refractivity contribution in [3.05, 3.63) is 64.8 Å². The van der Waals surface area contributed by atoms with Crippen molar-refractivity contribution in [2.45, 2.75) is 6.54 Å². The average Bonchev–Trinajstić information content (AvgIpc) is 2.76. The van der Waals surface area contributed by atoms with Crippen molar-refractivity contribution in [1.82, 2.24) is 19.4 Å². The number of anilines is 1. The summed E-state index contributed by atoms with van der Waals surface area (Å²) in [5, 5.41) is 9.53. The molecule has 28 heavy (non-hydrogen) atoms. The Balaban J connectivity index is 1.43. The first-order valence-corrected chi connectivity index (χ1v) is 8.99. The number of nitrogens with zero attached hydrogens (tertiary/aromatic N) is 6. The van der Waals surface area contributed by atoms with Crippen molar-refractivity contribution >= 4 is 22.6 Å². The SMILES string of the molecule is N#Cc1ccnc(N2CCN(C(=O)Cn3cnc4ccccc4c3=O)CC2)c1. The number of benzene rings is 1. The molecule has 2 aromatic heterocycles. The first-order valence-electron chi connectivity index (χ1n) is 8.99. The van der Waals surface area contributed by atoms with Crippen LogP contribution in [0.2, 0.25) is 0 Å². The van der Waals surface area contributed by atoms with E-state index in [0.29, 0.717) is 42.6 Å². The van der Waals surface area contributed by atoms with Gasteiger partial charge in [-0.25, -0.2) is 9.97 Å². The van der Waals surface area contributed by atoms with Gasteiger partial charge in [0.1, 0.15) is 12.4 Å². The molecule has 1 fully saturated rings. The Morgan fingerprint density at radius 2 is 1.89 bits per heavy atom. The maximum absolute atomic E-state index is 12.7. The van der Waals surface area contributed by atoms with E-state index in [9.17, 15) is 9.59 Å². The van der Waals surface area contributed by atoms with Crippen LogP contribution in [-0.4, -0.2) is 51.5 Å². The van der Waals surface area contributed by atoms with Crippen LogP contribution in [0.15, 0.2) is 53.7 Å². The maximum atomic E-state index is 12.7. The highest BCUT2D eigenvalue weighted by atomic mass is 16.2. The Morgan fingerprint density at radius 1 is 1.11 bits per heavy atom. The molecule has 0 radical (unpaired) electrons. The predicted octanol–water partition coefficient (Wildman–Crippen LogP) is 1.01. The number of pyridine rings is 1. The molecule has 4 rings (SSSR count). The van der Waals surface area contributed by atoms with Gasteiger partial charge in [0.25, 0.3) is 5.56 Å². The van der Waals surface area contributed by atoms with E-state index in [4.69, 9.17) is 5.26 Å². The van der Waals surface area contributed by atoms with E-state index in [0.717, 1.165) is 5.82 Å². The first kappa shape index (κ1) is 17.7. The smallest absolute Gasteiger partial charge is 0.261 e. The lowest BCUT2D eigenvalue weighted by Crippen LogP contribution is -2.50. The summed E-state index contributed by atoms with van der Waals surface area (Å²) in [4.78, 5) is 37.6. The standard InChI is InChI=1S/C20H18N6O2/c21-12-15-5-6-22-18(11-15)24-7-9-25(10-8-24)19(27)13-26-14-23-17-4-2-1-3-16(17)20(26)28/h1-6,11,14H,7-10,13H2. The van der Waals surface area contributed by atoms with E-state index >= 15 is 0 Å². The molecule has 1 aromatic carbocycles. The summed E-state index contributed by atoms with van der Waals surface area (Å²) in [6.07, 6.45) is 3.04. The zero-order valence-electron chi connectivity index (χ0n) is 15.2. The van der Waals surface area contributed by atoms with Crippen LogP contribution in [0.1, 0.15) is 5.56 Å². The van der Waals surface area contributed by atoms with Crippen LogP contribution in [0.3, 0.4) is 0 Å². The minimum atomic E-state index is -0.213. The second kappa shape index (κ2) is 7.48. The Hall–Kier alpha value is -3.73. The summed E-state index contributed by atoms with van der Waals surface area (Å²) in [6.45, 7) is 2.29. The predicted molar refractivity (Wildman–Crippen MR) is 104 cm³/mol. The zero-order chi connectivity index (χ0) is 19.5. The molecule has 0 atom stereocenters. The molecule has 1 amide bonds. The number of para-hydroxylation sites is 1. The van der Waals surface area contributed by atoms with Crippen molar-refractivity contribution < 1.29 is 4.79 Å². The molecule has 8 heteroatoms. The highest BCUT2D eigenvalue weighted by Gasteiger charge is 2.22. The molecule has 0 spiro atoms. The van der Waals surface area contributed by atoms with Crippen molar-refractivity contribution in [2.75, 3.05) is 31.1 Å². The third kappa shape index (κ3) is 3.42. The Bertz CT molecular complexity index is 1130. The second-order valence-corrected chi connectivity index (χ2v) is 6.58. The van der Waals surface area contributed by atoms with Gasteiger partial charge >= 0.3 is 0 Å². The lowest BCUT2D eigenvalue weighted by atomic mass is 10.2. The van der Waals surface area contributed by atoms with Crippen molar-refractivity contribution in [3.8, 4) is 6.07 Å². The van der Waals surface area contributed by atoms with Crippen LogP contribution < -0.4 is 10.5 Å². The molecule has 0 bridgehead atoms. The fraction of sp³-hybridized carbons (Fsp3) is 0.250. The summed E-state index contributed by atoms with van der Waals surface area (Å²) in [5.41, 5.74) is 0.971. The number of fused-ring (bicyclic) bond motifs is 1. The molecule has 0 unspecified atom stereocenters. The summed E-state index contributed by atoms with van der Waals surface area (Å²) in [6, 6.07) is 12.6. The topological polar surface area (TPSA) is 95.1 Å². The Labute approximate surface area is 161 Å².